The van der Waals surface area contributed by atoms with Crippen molar-refractivity contribution in [2.24, 2.45) is 0 Å². The number of nitrogens with zero attached hydrogens (tertiary/aromatic N) is 4. The molecule has 0 bridgehead atoms. The van der Waals surface area contributed by atoms with Crippen LogP contribution in [-0.2, 0) is 11.3 Å². The van der Waals surface area contributed by atoms with Crippen LogP contribution in [0.15, 0.2) is 22.4 Å². The molecule has 8 nitrogen and oxygen atoms in total. The van der Waals surface area contributed by atoms with Gasteiger partial charge in [-0.3, -0.25) is 14.9 Å². The average molecular weight is 334 g/mol. The topological polar surface area (TPSA) is 111 Å². The molecular formula is C14H14N4O4S. The second-order valence-corrected chi connectivity index (χ2v) is 5.58. The van der Waals surface area contributed by atoms with Crippen molar-refractivity contribution in [2.75, 3.05) is 6.61 Å². The van der Waals surface area contributed by atoms with Gasteiger partial charge in [0.2, 0.25) is 0 Å². The highest BCUT2D eigenvalue weighted by molar-refractivity contribution is 7.09. The van der Waals surface area contributed by atoms with Crippen molar-refractivity contribution in [3.05, 3.63) is 54.4 Å². The smallest absolute Gasteiger partial charge is 0.287 e. The Morgan fingerprint density at radius 2 is 2.35 bits per heavy atom. The Hall–Kier alpha value is -2.57. The molecule has 1 unspecified atom stereocenters. The fraction of sp³-hybridized carbons (Fsp3) is 0.357. The van der Waals surface area contributed by atoms with Crippen LogP contribution in [0.25, 0.3) is 0 Å². The first-order valence-corrected chi connectivity index (χ1v) is 7.69. The van der Waals surface area contributed by atoms with E-state index >= 15 is 0 Å². The number of thiazole rings is 1. The predicted molar refractivity (Wildman–Crippen MR) is 83.3 cm³/mol. The molecule has 0 aromatic carbocycles. The van der Waals surface area contributed by atoms with Crippen LogP contribution in [0, 0.1) is 21.4 Å². The summed E-state index contributed by atoms with van der Waals surface area (Å²) in [5.41, 5.74) is -0.565. The zero-order chi connectivity index (χ0) is 17.0. The van der Waals surface area contributed by atoms with Crippen molar-refractivity contribution < 1.29 is 9.66 Å². The van der Waals surface area contributed by atoms with Gasteiger partial charge in [-0.15, -0.1) is 11.3 Å². The predicted octanol–water partition coefficient (Wildman–Crippen LogP) is 2.23. The standard InChI is InChI=1S/C14H14N4O4S/c1-3-22-9(2)13-16-11(8-23-13)6-17-7-12(18(20)21)4-10(5-15)14(17)19/h4,7-9H,3,6H2,1-2H3. The van der Waals surface area contributed by atoms with E-state index in [4.69, 9.17) is 10.00 Å². The lowest BCUT2D eigenvalue weighted by atomic mass is 10.2. The van der Waals surface area contributed by atoms with Gasteiger partial charge in [-0.1, -0.05) is 0 Å². The molecule has 0 spiro atoms. The molecule has 0 amide bonds. The fourth-order valence-corrected chi connectivity index (χ4v) is 2.81. The van der Waals surface area contributed by atoms with E-state index in [-0.39, 0.29) is 23.9 Å². The SMILES string of the molecule is CCOC(C)c1nc(Cn2cc([N+](=O)[O-])cc(C#N)c2=O)cs1. The second-order valence-electron chi connectivity index (χ2n) is 4.69. The maximum absolute atomic E-state index is 12.1. The first-order valence-electron chi connectivity index (χ1n) is 6.81. The number of nitriles is 1. The van der Waals surface area contributed by atoms with Gasteiger partial charge in [-0.05, 0) is 13.8 Å². The van der Waals surface area contributed by atoms with Crippen molar-refractivity contribution in [3.8, 4) is 6.07 Å². The van der Waals surface area contributed by atoms with E-state index in [9.17, 15) is 14.9 Å². The van der Waals surface area contributed by atoms with Crippen LogP contribution in [0.4, 0.5) is 5.69 Å². The molecule has 2 rings (SSSR count). The van der Waals surface area contributed by atoms with E-state index < -0.39 is 10.5 Å². The van der Waals surface area contributed by atoms with E-state index in [1.807, 2.05) is 13.8 Å². The molecule has 120 valence electrons. The Bertz CT molecular complexity index is 821. The summed E-state index contributed by atoms with van der Waals surface area (Å²) in [5, 5.41) is 22.4. The summed E-state index contributed by atoms with van der Waals surface area (Å²) < 4.78 is 6.58. The van der Waals surface area contributed by atoms with Crippen molar-refractivity contribution >= 4 is 17.0 Å². The molecule has 2 aromatic heterocycles. The lowest BCUT2D eigenvalue weighted by Crippen LogP contribution is -2.23. The second kappa shape index (κ2) is 7.13. The van der Waals surface area contributed by atoms with Crippen LogP contribution in [-0.4, -0.2) is 21.1 Å². The molecule has 0 fully saturated rings. The maximum atomic E-state index is 12.1. The van der Waals surface area contributed by atoms with Crippen LogP contribution in [0.1, 0.15) is 36.2 Å². The van der Waals surface area contributed by atoms with Crippen molar-refractivity contribution in [1.82, 2.24) is 9.55 Å². The monoisotopic (exact) mass is 334 g/mol. The Labute approximate surface area is 135 Å². The van der Waals surface area contributed by atoms with E-state index in [0.29, 0.717) is 12.3 Å². The Morgan fingerprint density at radius 3 is 2.96 bits per heavy atom. The lowest BCUT2D eigenvalue weighted by Gasteiger charge is -2.07. The van der Waals surface area contributed by atoms with E-state index in [2.05, 4.69) is 4.98 Å². The molecule has 0 saturated heterocycles. The van der Waals surface area contributed by atoms with Crippen molar-refractivity contribution in [2.45, 2.75) is 26.5 Å². The van der Waals surface area contributed by atoms with E-state index in [1.165, 1.54) is 11.3 Å². The summed E-state index contributed by atoms with van der Waals surface area (Å²) in [6.07, 6.45) is 0.962. The van der Waals surface area contributed by atoms with Gasteiger partial charge < -0.3 is 9.30 Å². The first-order chi connectivity index (χ1) is 11.0. The molecule has 0 saturated carbocycles. The highest BCUT2D eigenvalue weighted by Gasteiger charge is 2.16. The summed E-state index contributed by atoms with van der Waals surface area (Å²) in [4.78, 5) is 26.7. The van der Waals surface area contributed by atoms with Gasteiger partial charge in [0.15, 0.2) is 0 Å². The zero-order valence-corrected chi connectivity index (χ0v) is 13.4. The number of hydrogen-bond donors (Lipinski definition) is 0. The summed E-state index contributed by atoms with van der Waals surface area (Å²) >= 11 is 1.39. The van der Waals surface area contributed by atoms with E-state index in [1.54, 1.807) is 11.4 Å². The molecule has 9 heteroatoms. The minimum Gasteiger partial charge on any atom is -0.372 e. The van der Waals surface area contributed by atoms with Gasteiger partial charge in [0, 0.05) is 18.1 Å². The highest BCUT2D eigenvalue weighted by Crippen LogP contribution is 2.21. The van der Waals surface area contributed by atoms with Crippen LogP contribution < -0.4 is 5.56 Å². The molecule has 2 aromatic rings. The van der Waals surface area contributed by atoms with Gasteiger partial charge in [0.05, 0.1) is 23.4 Å². The Kier molecular flexibility index (Phi) is 5.20. The third kappa shape index (κ3) is 3.80. The summed E-state index contributed by atoms with van der Waals surface area (Å²) in [7, 11) is 0. The Balaban J connectivity index is 2.33. The van der Waals surface area contributed by atoms with Gasteiger partial charge in [-0.25, -0.2) is 4.98 Å². The van der Waals surface area contributed by atoms with Crippen molar-refractivity contribution in [3.63, 3.8) is 0 Å². The summed E-state index contributed by atoms with van der Waals surface area (Å²) in [5.74, 6) is 0. The number of pyridine rings is 1. The zero-order valence-electron chi connectivity index (χ0n) is 12.6. The van der Waals surface area contributed by atoms with Crippen LogP contribution in [0.2, 0.25) is 0 Å². The summed E-state index contributed by atoms with van der Waals surface area (Å²) in [6.45, 7) is 4.38. The fourth-order valence-electron chi connectivity index (χ4n) is 2.00. The molecule has 0 radical (unpaired) electrons. The maximum Gasteiger partial charge on any atom is 0.287 e. The molecule has 23 heavy (non-hydrogen) atoms. The first kappa shape index (κ1) is 16.8. The quantitative estimate of drug-likeness (QED) is 0.591. The van der Waals surface area contributed by atoms with E-state index in [0.717, 1.165) is 21.8 Å². The number of nitro groups is 1. The number of ether oxygens (including phenoxy) is 1. The minimum absolute atomic E-state index is 0.0601. The number of hydrogen-bond acceptors (Lipinski definition) is 7. The van der Waals surface area contributed by atoms with Crippen molar-refractivity contribution in [1.29, 1.82) is 5.26 Å². The van der Waals surface area contributed by atoms with Gasteiger partial charge in [0.1, 0.15) is 22.7 Å². The van der Waals surface area contributed by atoms with Crippen LogP contribution >= 0.6 is 11.3 Å². The summed E-state index contributed by atoms with van der Waals surface area (Å²) in [6, 6.07) is 2.66. The van der Waals surface area contributed by atoms with Gasteiger partial charge in [0.25, 0.3) is 11.2 Å². The van der Waals surface area contributed by atoms with Gasteiger partial charge in [-0.2, -0.15) is 5.26 Å². The third-order valence-electron chi connectivity index (χ3n) is 3.07. The minimum atomic E-state index is -0.638. The molecule has 0 N–H and O–H groups in total. The molecule has 0 aliphatic heterocycles. The number of aromatic nitrogens is 2. The third-order valence-corrected chi connectivity index (χ3v) is 4.12. The molecule has 2 heterocycles. The van der Waals surface area contributed by atoms with Crippen LogP contribution in [0.3, 0.4) is 0 Å². The molecule has 0 aliphatic carbocycles. The number of rotatable bonds is 6. The lowest BCUT2D eigenvalue weighted by molar-refractivity contribution is -0.385. The van der Waals surface area contributed by atoms with Gasteiger partial charge >= 0.3 is 0 Å². The highest BCUT2D eigenvalue weighted by atomic mass is 32.1. The molecule has 1 atom stereocenters. The largest absolute Gasteiger partial charge is 0.372 e. The molecule has 0 aliphatic rings. The normalized spacial score (nSPS) is 11.9. The average Bonchev–Trinajstić information content (AvgIpc) is 2.98. The van der Waals surface area contributed by atoms with Crippen LogP contribution in [0.5, 0.6) is 0 Å². The Morgan fingerprint density at radius 1 is 1.61 bits per heavy atom. The molecular weight excluding hydrogens is 320 g/mol.